The van der Waals surface area contributed by atoms with Crippen molar-refractivity contribution in [2.24, 2.45) is 0 Å². The first-order valence-corrected chi connectivity index (χ1v) is 10.4. The molecular formula is C20H20FN3O4S. The molecule has 0 aliphatic rings. The minimum atomic E-state index is -3.74. The molecule has 0 aliphatic heterocycles. The number of aromatic nitrogens is 1. The third-order valence-corrected chi connectivity index (χ3v) is 6.55. The van der Waals surface area contributed by atoms with Gasteiger partial charge in [-0.05, 0) is 42.5 Å². The number of halogens is 1. The summed E-state index contributed by atoms with van der Waals surface area (Å²) in [4.78, 5) is 27.4. The Morgan fingerprint density at radius 1 is 1.07 bits per heavy atom. The molecule has 1 heterocycles. The number of carbonyl (C=O) groups excluding carboxylic acids is 1. The highest BCUT2D eigenvalue weighted by atomic mass is 32.2. The molecule has 2 N–H and O–H groups in total. The summed E-state index contributed by atoms with van der Waals surface area (Å²) in [5.74, 6) is -1.05. The Morgan fingerprint density at radius 2 is 1.72 bits per heavy atom. The fourth-order valence-corrected chi connectivity index (χ4v) is 4.51. The van der Waals surface area contributed by atoms with E-state index in [0.717, 1.165) is 6.07 Å². The van der Waals surface area contributed by atoms with Crippen molar-refractivity contribution in [3.05, 3.63) is 70.3 Å². The van der Waals surface area contributed by atoms with E-state index in [1.54, 1.807) is 13.8 Å². The zero-order valence-electron chi connectivity index (χ0n) is 15.9. The molecule has 0 atom stereocenters. The van der Waals surface area contributed by atoms with Crippen LogP contribution in [0, 0.1) is 5.82 Å². The van der Waals surface area contributed by atoms with Crippen molar-refractivity contribution in [3.8, 4) is 0 Å². The zero-order chi connectivity index (χ0) is 21.2. The second-order valence-corrected chi connectivity index (χ2v) is 8.24. The maximum absolute atomic E-state index is 13.1. The van der Waals surface area contributed by atoms with Crippen LogP contribution in [0.1, 0.15) is 24.2 Å². The van der Waals surface area contributed by atoms with E-state index in [0.29, 0.717) is 24.3 Å². The average molecular weight is 417 g/mol. The van der Waals surface area contributed by atoms with Crippen LogP contribution in [-0.4, -0.2) is 36.7 Å². The molecule has 1 aromatic heterocycles. The molecule has 7 nitrogen and oxygen atoms in total. The standard InChI is InChI=1S/C20H20FN3O4S/c1-3-24(4-2)29(27,28)15-9-10-18-16(11-15)17(12-19(25)23-18)20(26)22-14-7-5-13(21)6-8-14/h5-12H,3-4H2,1-2H3,(H,22,26)(H,23,25). The van der Waals surface area contributed by atoms with Gasteiger partial charge in [-0.2, -0.15) is 4.31 Å². The van der Waals surface area contributed by atoms with E-state index >= 15 is 0 Å². The number of nitrogens with one attached hydrogen (secondary N) is 2. The Bertz CT molecular complexity index is 1220. The molecule has 0 bridgehead atoms. The lowest BCUT2D eigenvalue weighted by Crippen LogP contribution is -2.30. The molecule has 1 amide bonds. The van der Waals surface area contributed by atoms with Crippen molar-refractivity contribution >= 4 is 32.5 Å². The zero-order valence-corrected chi connectivity index (χ0v) is 16.7. The van der Waals surface area contributed by atoms with Gasteiger partial charge in [0, 0.05) is 35.7 Å². The molecule has 0 saturated heterocycles. The van der Waals surface area contributed by atoms with Crippen LogP contribution in [0.3, 0.4) is 0 Å². The summed E-state index contributed by atoms with van der Waals surface area (Å²) in [7, 11) is -3.74. The van der Waals surface area contributed by atoms with Gasteiger partial charge < -0.3 is 10.3 Å². The smallest absolute Gasteiger partial charge is 0.256 e. The molecule has 3 rings (SSSR count). The van der Waals surface area contributed by atoms with E-state index in [1.165, 1.54) is 46.8 Å². The normalized spacial score (nSPS) is 11.7. The summed E-state index contributed by atoms with van der Waals surface area (Å²) in [6, 6.07) is 10.5. The second-order valence-electron chi connectivity index (χ2n) is 6.30. The van der Waals surface area contributed by atoms with Crippen molar-refractivity contribution in [2.75, 3.05) is 18.4 Å². The molecule has 2 aromatic carbocycles. The van der Waals surface area contributed by atoms with E-state index in [1.807, 2.05) is 0 Å². The van der Waals surface area contributed by atoms with Gasteiger partial charge in [-0.15, -0.1) is 0 Å². The first-order chi connectivity index (χ1) is 13.8. The molecule has 0 spiro atoms. The maximum Gasteiger partial charge on any atom is 0.256 e. The predicted octanol–water partition coefficient (Wildman–Crippen LogP) is 2.95. The van der Waals surface area contributed by atoms with Gasteiger partial charge in [0.15, 0.2) is 0 Å². The fraction of sp³-hybridized carbons (Fsp3) is 0.200. The van der Waals surface area contributed by atoms with E-state index < -0.39 is 27.3 Å². The number of amides is 1. The molecule has 9 heteroatoms. The van der Waals surface area contributed by atoms with Gasteiger partial charge in [-0.1, -0.05) is 13.8 Å². The summed E-state index contributed by atoms with van der Waals surface area (Å²) in [6.45, 7) is 4.09. The van der Waals surface area contributed by atoms with Gasteiger partial charge in [-0.3, -0.25) is 9.59 Å². The molecule has 29 heavy (non-hydrogen) atoms. The van der Waals surface area contributed by atoms with Gasteiger partial charge in [0.2, 0.25) is 15.6 Å². The summed E-state index contributed by atoms with van der Waals surface area (Å²) in [5, 5.41) is 2.88. The van der Waals surface area contributed by atoms with E-state index in [-0.39, 0.29) is 15.8 Å². The van der Waals surface area contributed by atoms with Crippen molar-refractivity contribution in [1.82, 2.24) is 9.29 Å². The second kappa shape index (κ2) is 8.14. The Morgan fingerprint density at radius 3 is 2.34 bits per heavy atom. The topological polar surface area (TPSA) is 99.3 Å². The average Bonchev–Trinajstić information content (AvgIpc) is 2.69. The predicted molar refractivity (Wildman–Crippen MR) is 109 cm³/mol. The number of carbonyl (C=O) groups is 1. The highest BCUT2D eigenvalue weighted by Gasteiger charge is 2.23. The van der Waals surface area contributed by atoms with Crippen LogP contribution in [0.4, 0.5) is 10.1 Å². The largest absolute Gasteiger partial charge is 0.322 e. The Labute approximate surface area is 167 Å². The van der Waals surface area contributed by atoms with Gasteiger partial charge in [0.05, 0.1) is 10.5 Å². The SMILES string of the molecule is CCN(CC)S(=O)(=O)c1ccc2[nH]c(=O)cc(C(=O)Nc3ccc(F)cc3)c2c1. The van der Waals surface area contributed by atoms with Crippen LogP contribution in [0.25, 0.3) is 10.9 Å². The quantitative estimate of drug-likeness (QED) is 0.644. The molecule has 0 radical (unpaired) electrons. The Kier molecular flexibility index (Phi) is 5.81. The number of sulfonamides is 1. The number of aromatic amines is 1. The molecule has 0 saturated carbocycles. The van der Waals surface area contributed by atoms with Crippen LogP contribution < -0.4 is 10.9 Å². The van der Waals surface area contributed by atoms with Crippen LogP contribution in [0.5, 0.6) is 0 Å². The molecule has 0 unspecified atom stereocenters. The fourth-order valence-electron chi connectivity index (χ4n) is 3.03. The molecule has 3 aromatic rings. The number of nitrogens with zero attached hydrogens (tertiary/aromatic N) is 1. The molecule has 0 fully saturated rings. The number of hydrogen-bond donors (Lipinski definition) is 2. The highest BCUT2D eigenvalue weighted by Crippen LogP contribution is 2.23. The van der Waals surface area contributed by atoms with Crippen LogP contribution in [0.15, 0.2) is 58.2 Å². The lowest BCUT2D eigenvalue weighted by Gasteiger charge is -2.19. The highest BCUT2D eigenvalue weighted by molar-refractivity contribution is 7.89. The number of H-pyrrole nitrogens is 1. The van der Waals surface area contributed by atoms with Crippen molar-refractivity contribution in [1.29, 1.82) is 0 Å². The van der Waals surface area contributed by atoms with E-state index in [4.69, 9.17) is 0 Å². The first kappa shape index (κ1) is 20.7. The van der Waals surface area contributed by atoms with Gasteiger partial charge in [0.25, 0.3) is 5.91 Å². The van der Waals surface area contributed by atoms with Crippen LogP contribution in [-0.2, 0) is 10.0 Å². The van der Waals surface area contributed by atoms with Crippen LogP contribution >= 0.6 is 0 Å². The number of anilines is 1. The lowest BCUT2D eigenvalue weighted by atomic mass is 10.1. The van der Waals surface area contributed by atoms with Crippen molar-refractivity contribution in [2.45, 2.75) is 18.7 Å². The van der Waals surface area contributed by atoms with Gasteiger partial charge in [-0.25, -0.2) is 12.8 Å². The van der Waals surface area contributed by atoms with Crippen LogP contribution in [0.2, 0.25) is 0 Å². The third kappa shape index (κ3) is 4.20. The summed E-state index contributed by atoms with van der Waals surface area (Å²) < 4.78 is 40.0. The van der Waals surface area contributed by atoms with E-state index in [9.17, 15) is 22.4 Å². The maximum atomic E-state index is 13.1. The summed E-state index contributed by atoms with van der Waals surface area (Å²) in [5.41, 5.74) is 0.197. The number of rotatable bonds is 6. The summed E-state index contributed by atoms with van der Waals surface area (Å²) in [6.07, 6.45) is 0. The van der Waals surface area contributed by atoms with Crippen molar-refractivity contribution < 1.29 is 17.6 Å². The number of fused-ring (bicyclic) bond motifs is 1. The number of pyridine rings is 1. The van der Waals surface area contributed by atoms with Gasteiger partial charge in [0.1, 0.15) is 5.82 Å². The van der Waals surface area contributed by atoms with Crippen molar-refractivity contribution in [3.63, 3.8) is 0 Å². The molecule has 0 aliphatic carbocycles. The number of benzene rings is 2. The Hall–Kier alpha value is -3.04. The Balaban J connectivity index is 2.10. The third-order valence-electron chi connectivity index (χ3n) is 4.50. The number of hydrogen-bond acceptors (Lipinski definition) is 4. The summed E-state index contributed by atoms with van der Waals surface area (Å²) >= 11 is 0. The minimum absolute atomic E-state index is 0.0182. The minimum Gasteiger partial charge on any atom is -0.322 e. The molecular weight excluding hydrogens is 397 g/mol. The van der Waals surface area contributed by atoms with Gasteiger partial charge >= 0.3 is 0 Å². The molecule has 152 valence electrons. The van der Waals surface area contributed by atoms with E-state index in [2.05, 4.69) is 10.3 Å². The monoisotopic (exact) mass is 417 g/mol. The first-order valence-electron chi connectivity index (χ1n) is 9.00. The lowest BCUT2D eigenvalue weighted by molar-refractivity contribution is 0.102.